The minimum Gasteiger partial charge on any atom is -0.479 e. The summed E-state index contributed by atoms with van der Waals surface area (Å²) < 4.78 is 0. The van der Waals surface area contributed by atoms with Gasteiger partial charge >= 0.3 is 5.97 Å². The van der Waals surface area contributed by atoms with E-state index in [1.165, 1.54) is 0 Å². The van der Waals surface area contributed by atoms with E-state index < -0.39 is 12.1 Å². The van der Waals surface area contributed by atoms with Crippen molar-refractivity contribution in [2.45, 2.75) is 12.5 Å². The molecule has 3 nitrogen and oxygen atoms in total. The Balaban J connectivity index is 0.00000144. The minimum absolute atomic E-state index is 0. The maximum absolute atomic E-state index is 10.3. The van der Waals surface area contributed by atoms with E-state index in [0.717, 1.165) is 5.56 Å². The van der Waals surface area contributed by atoms with Gasteiger partial charge in [0.2, 0.25) is 0 Å². The second kappa shape index (κ2) is 5.61. The predicted molar refractivity (Wildman–Crippen MR) is 54.2 cm³/mol. The molecule has 13 heavy (non-hydrogen) atoms. The summed E-state index contributed by atoms with van der Waals surface area (Å²) in [6.45, 7) is 0. The summed E-state index contributed by atoms with van der Waals surface area (Å²) in [5.74, 6) is -1.18. The van der Waals surface area contributed by atoms with Crippen LogP contribution in [-0.2, 0) is 11.2 Å². The van der Waals surface area contributed by atoms with Gasteiger partial charge in [-0.2, -0.15) is 13.5 Å². The Morgan fingerprint density at radius 3 is 2.31 bits per heavy atom. The summed E-state index contributed by atoms with van der Waals surface area (Å²) in [6.07, 6.45) is -1.14. The van der Waals surface area contributed by atoms with Gasteiger partial charge < -0.3 is 10.2 Å². The fourth-order valence-electron chi connectivity index (χ4n) is 0.925. The summed E-state index contributed by atoms with van der Waals surface area (Å²) in [7, 11) is 0. The molecule has 72 valence electrons. The number of rotatable bonds is 3. The highest BCUT2D eigenvalue weighted by atomic mass is 32.1. The number of carboxylic acids is 1. The molecular formula is C9H12O3S. The van der Waals surface area contributed by atoms with E-state index in [1.807, 2.05) is 18.2 Å². The van der Waals surface area contributed by atoms with Gasteiger partial charge in [0, 0.05) is 6.42 Å². The lowest BCUT2D eigenvalue weighted by molar-refractivity contribution is -0.146. The van der Waals surface area contributed by atoms with Crippen molar-refractivity contribution in [2.75, 3.05) is 0 Å². The first-order valence-electron chi connectivity index (χ1n) is 3.65. The van der Waals surface area contributed by atoms with Gasteiger partial charge in [0.25, 0.3) is 0 Å². The lowest BCUT2D eigenvalue weighted by Gasteiger charge is -2.03. The number of aliphatic carboxylic acids is 1. The van der Waals surface area contributed by atoms with Crippen molar-refractivity contribution in [3.05, 3.63) is 35.9 Å². The van der Waals surface area contributed by atoms with E-state index in [2.05, 4.69) is 0 Å². The van der Waals surface area contributed by atoms with Gasteiger partial charge in [-0.15, -0.1) is 0 Å². The topological polar surface area (TPSA) is 57.5 Å². The quantitative estimate of drug-likeness (QED) is 0.758. The Morgan fingerprint density at radius 2 is 1.85 bits per heavy atom. The average Bonchev–Trinajstić information content (AvgIpc) is 2.06. The van der Waals surface area contributed by atoms with Crippen LogP contribution in [0.3, 0.4) is 0 Å². The van der Waals surface area contributed by atoms with Crippen molar-refractivity contribution in [1.82, 2.24) is 0 Å². The minimum atomic E-state index is -1.30. The molecule has 0 fully saturated rings. The first-order valence-corrected chi connectivity index (χ1v) is 3.65. The molecule has 0 heterocycles. The number of aliphatic hydroxyl groups excluding tert-OH is 1. The van der Waals surface area contributed by atoms with Crippen molar-refractivity contribution in [3.8, 4) is 0 Å². The molecule has 0 bridgehead atoms. The second-order valence-electron chi connectivity index (χ2n) is 2.54. The number of hydrogen-bond acceptors (Lipinski definition) is 2. The van der Waals surface area contributed by atoms with Gasteiger partial charge in [0.15, 0.2) is 6.10 Å². The molecule has 0 aliphatic carbocycles. The molecule has 0 amide bonds. The van der Waals surface area contributed by atoms with Gasteiger partial charge in [0.05, 0.1) is 0 Å². The van der Waals surface area contributed by atoms with E-state index in [9.17, 15) is 4.79 Å². The highest BCUT2D eigenvalue weighted by molar-refractivity contribution is 7.59. The molecule has 1 atom stereocenters. The van der Waals surface area contributed by atoms with Gasteiger partial charge in [0.1, 0.15) is 0 Å². The van der Waals surface area contributed by atoms with Gasteiger partial charge in [-0.3, -0.25) is 0 Å². The molecule has 1 aromatic rings. The first kappa shape index (κ1) is 12.0. The first-order chi connectivity index (χ1) is 5.70. The summed E-state index contributed by atoms with van der Waals surface area (Å²) in [6, 6.07) is 9.03. The van der Waals surface area contributed by atoms with Gasteiger partial charge in [-0.25, -0.2) is 4.79 Å². The molecule has 1 rings (SSSR count). The molecule has 0 saturated carbocycles. The summed E-state index contributed by atoms with van der Waals surface area (Å²) in [5.41, 5.74) is 0.826. The molecule has 4 heteroatoms. The van der Waals surface area contributed by atoms with Crippen LogP contribution in [-0.4, -0.2) is 22.3 Å². The normalized spacial score (nSPS) is 11.5. The third kappa shape index (κ3) is 3.96. The zero-order valence-corrected chi connectivity index (χ0v) is 7.97. The van der Waals surface area contributed by atoms with Gasteiger partial charge in [-0.05, 0) is 5.56 Å². The molecule has 0 radical (unpaired) electrons. The zero-order chi connectivity index (χ0) is 8.97. The van der Waals surface area contributed by atoms with Crippen LogP contribution in [0.25, 0.3) is 0 Å². The standard InChI is InChI=1S/C9H10O3.H2S/c10-8(9(11)12)6-7-4-2-1-3-5-7;/h1-5,8,10H,6H2,(H,11,12);1H2/t8-;/m0./s1. The molecule has 0 aliphatic rings. The lowest BCUT2D eigenvalue weighted by Crippen LogP contribution is -2.21. The van der Waals surface area contributed by atoms with Crippen molar-refractivity contribution in [2.24, 2.45) is 0 Å². The number of benzene rings is 1. The van der Waals surface area contributed by atoms with Crippen LogP contribution in [0.15, 0.2) is 30.3 Å². The molecular weight excluding hydrogens is 188 g/mol. The van der Waals surface area contributed by atoms with E-state index in [4.69, 9.17) is 10.2 Å². The molecule has 2 N–H and O–H groups in total. The van der Waals surface area contributed by atoms with E-state index in [1.54, 1.807) is 12.1 Å². The Morgan fingerprint density at radius 1 is 1.31 bits per heavy atom. The zero-order valence-electron chi connectivity index (χ0n) is 6.97. The van der Waals surface area contributed by atoms with Crippen molar-refractivity contribution < 1.29 is 15.0 Å². The second-order valence-corrected chi connectivity index (χ2v) is 2.54. The smallest absolute Gasteiger partial charge is 0.332 e. The predicted octanol–water partition coefficient (Wildman–Crippen LogP) is 0.787. The van der Waals surface area contributed by atoms with E-state index in [-0.39, 0.29) is 19.9 Å². The van der Waals surface area contributed by atoms with Crippen LogP contribution >= 0.6 is 13.5 Å². The van der Waals surface area contributed by atoms with E-state index in [0.29, 0.717) is 0 Å². The van der Waals surface area contributed by atoms with Gasteiger partial charge in [-0.1, -0.05) is 30.3 Å². The van der Waals surface area contributed by atoms with Crippen LogP contribution in [0.5, 0.6) is 0 Å². The Bertz CT molecular complexity index is 261. The molecule has 0 aromatic heterocycles. The number of aliphatic hydroxyl groups is 1. The summed E-state index contributed by atoms with van der Waals surface area (Å²) in [5, 5.41) is 17.4. The highest BCUT2D eigenvalue weighted by Gasteiger charge is 2.12. The Kier molecular flexibility index (Phi) is 5.18. The van der Waals surface area contributed by atoms with Crippen LogP contribution in [0.2, 0.25) is 0 Å². The molecule has 0 unspecified atom stereocenters. The van der Waals surface area contributed by atoms with Crippen LogP contribution in [0, 0.1) is 0 Å². The molecule has 1 aromatic carbocycles. The lowest BCUT2D eigenvalue weighted by atomic mass is 10.1. The third-order valence-corrected chi connectivity index (χ3v) is 1.56. The maximum Gasteiger partial charge on any atom is 0.332 e. The Hall–Kier alpha value is -1.00. The van der Waals surface area contributed by atoms with Crippen LogP contribution in [0.1, 0.15) is 5.56 Å². The number of carbonyl (C=O) groups is 1. The van der Waals surface area contributed by atoms with Crippen LogP contribution in [0.4, 0.5) is 0 Å². The number of hydrogen-bond donors (Lipinski definition) is 2. The summed E-state index contributed by atoms with van der Waals surface area (Å²) in [4.78, 5) is 10.3. The molecule has 0 aliphatic heterocycles. The fraction of sp³-hybridized carbons (Fsp3) is 0.222. The Labute approximate surface area is 83.5 Å². The average molecular weight is 200 g/mol. The van der Waals surface area contributed by atoms with E-state index >= 15 is 0 Å². The SMILES string of the molecule is O=C(O)[C@@H](O)Cc1ccccc1.S. The van der Waals surface area contributed by atoms with Crippen molar-refractivity contribution in [1.29, 1.82) is 0 Å². The third-order valence-electron chi connectivity index (χ3n) is 1.56. The molecule has 0 saturated heterocycles. The highest BCUT2D eigenvalue weighted by Crippen LogP contribution is 2.02. The summed E-state index contributed by atoms with van der Waals surface area (Å²) >= 11 is 0. The molecule has 0 spiro atoms. The fourth-order valence-corrected chi connectivity index (χ4v) is 0.925. The maximum atomic E-state index is 10.3. The van der Waals surface area contributed by atoms with Crippen molar-refractivity contribution >= 4 is 19.5 Å². The largest absolute Gasteiger partial charge is 0.479 e. The van der Waals surface area contributed by atoms with Crippen LogP contribution < -0.4 is 0 Å². The number of carboxylic acid groups (broad SMARTS) is 1. The van der Waals surface area contributed by atoms with Crippen molar-refractivity contribution in [3.63, 3.8) is 0 Å². The monoisotopic (exact) mass is 200 g/mol.